The summed E-state index contributed by atoms with van der Waals surface area (Å²) in [5, 5.41) is 3.69. The van der Waals surface area contributed by atoms with Crippen LogP contribution in [0.3, 0.4) is 0 Å². The molecule has 1 aliphatic heterocycles. The molecule has 0 aliphatic carbocycles. The van der Waals surface area contributed by atoms with Crippen LogP contribution in [0.25, 0.3) is 0 Å². The summed E-state index contributed by atoms with van der Waals surface area (Å²) in [7, 11) is 0. The molecule has 1 aromatic carbocycles. The number of ether oxygens (including phenoxy) is 1. The first kappa shape index (κ1) is 16.7. The Hall–Kier alpha value is -2.11. The van der Waals surface area contributed by atoms with Gasteiger partial charge < -0.3 is 15.0 Å². The van der Waals surface area contributed by atoms with Gasteiger partial charge >= 0.3 is 6.03 Å². The maximum Gasteiger partial charge on any atom is 0.318 e. The Morgan fingerprint density at radius 3 is 2.83 bits per heavy atom. The molecule has 5 nitrogen and oxygen atoms in total. The minimum atomic E-state index is -0.200. The molecule has 6 heteroatoms. The first-order valence-corrected chi connectivity index (χ1v) is 8.34. The average Bonchev–Trinajstić information content (AvgIpc) is 2.63. The number of nitrogens with zero attached hydrogens (tertiary/aromatic N) is 2. The number of aromatic nitrogens is 1. The topological polar surface area (TPSA) is 54.5 Å². The van der Waals surface area contributed by atoms with E-state index in [1.807, 2.05) is 43.3 Å². The zero-order valence-corrected chi connectivity index (χ0v) is 14.2. The number of rotatable bonds is 3. The van der Waals surface area contributed by atoms with Crippen molar-refractivity contribution in [3.8, 4) is 0 Å². The Morgan fingerprint density at radius 1 is 1.33 bits per heavy atom. The van der Waals surface area contributed by atoms with Crippen LogP contribution in [0.4, 0.5) is 4.79 Å². The van der Waals surface area contributed by atoms with E-state index in [0.29, 0.717) is 24.7 Å². The van der Waals surface area contributed by atoms with Crippen LogP contribution >= 0.6 is 11.6 Å². The Labute approximate surface area is 146 Å². The third kappa shape index (κ3) is 3.86. The lowest BCUT2D eigenvalue weighted by molar-refractivity contribution is -0.0156. The minimum absolute atomic E-state index is 0.0814. The number of morpholine rings is 1. The molecule has 1 aromatic heterocycles. The highest BCUT2D eigenvalue weighted by atomic mass is 35.5. The third-order valence-corrected chi connectivity index (χ3v) is 4.50. The van der Waals surface area contributed by atoms with Gasteiger partial charge in [0.1, 0.15) is 6.10 Å². The highest BCUT2D eigenvalue weighted by molar-refractivity contribution is 6.31. The lowest BCUT2D eigenvalue weighted by Gasteiger charge is -2.34. The summed E-state index contributed by atoms with van der Waals surface area (Å²) in [6, 6.07) is 11.2. The van der Waals surface area contributed by atoms with E-state index in [-0.39, 0.29) is 18.2 Å². The van der Waals surface area contributed by atoms with Crippen LogP contribution in [0.5, 0.6) is 0 Å². The van der Waals surface area contributed by atoms with Gasteiger partial charge in [-0.25, -0.2) is 4.79 Å². The van der Waals surface area contributed by atoms with Gasteiger partial charge in [0.2, 0.25) is 0 Å². The number of halogens is 1. The van der Waals surface area contributed by atoms with Gasteiger partial charge in [-0.1, -0.05) is 29.8 Å². The number of urea groups is 1. The third-order valence-electron chi connectivity index (χ3n) is 4.15. The van der Waals surface area contributed by atoms with E-state index in [1.54, 1.807) is 17.3 Å². The Bertz CT molecular complexity index is 696. The van der Waals surface area contributed by atoms with Crippen molar-refractivity contribution in [1.29, 1.82) is 0 Å². The van der Waals surface area contributed by atoms with E-state index < -0.39 is 0 Å². The van der Waals surface area contributed by atoms with Crippen LogP contribution in [0.15, 0.2) is 48.8 Å². The van der Waals surface area contributed by atoms with Gasteiger partial charge in [0.15, 0.2) is 0 Å². The van der Waals surface area contributed by atoms with Crippen molar-refractivity contribution in [2.45, 2.75) is 19.1 Å². The molecule has 0 bridgehead atoms. The van der Waals surface area contributed by atoms with Gasteiger partial charge in [0.05, 0.1) is 19.2 Å². The van der Waals surface area contributed by atoms with Gasteiger partial charge in [0.25, 0.3) is 0 Å². The van der Waals surface area contributed by atoms with E-state index in [1.165, 1.54) is 0 Å². The molecule has 2 heterocycles. The molecular weight excluding hydrogens is 326 g/mol. The monoisotopic (exact) mass is 345 g/mol. The quantitative estimate of drug-likeness (QED) is 0.925. The summed E-state index contributed by atoms with van der Waals surface area (Å²) in [6.45, 7) is 3.50. The molecular formula is C18H20ClN3O2. The van der Waals surface area contributed by atoms with Crippen molar-refractivity contribution in [3.63, 3.8) is 0 Å². The highest BCUT2D eigenvalue weighted by Crippen LogP contribution is 2.28. The van der Waals surface area contributed by atoms with Crippen molar-refractivity contribution >= 4 is 17.6 Å². The number of hydrogen-bond acceptors (Lipinski definition) is 3. The van der Waals surface area contributed by atoms with E-state index in [4.69, 9.17) is 16.3 Å². The zero-order valence-electron chi connectivity index (χ0n) is 13.5. The summed E-state index contributed by atoms with van der Waals surface area (Å²) in [6.07, 6.45) is 3.25. The summed E-state index contributed by atoms with van der Waals surface area (Å²) in [5.74, 6) is 0. The number of pyridine rings is 1. The molecule has 3 rings (SSSR count). The van der Waals surface area contributed by atoms with E-state index in [9.17, 15) is 4.79 Å². The van der Waals surface area contributed by atoms with Crippen LogP contribution in [0.1, 0.15) is 30.2 Å². The maximum absolute atomic E-state index is 12.6. The average molecular weight is 346 g/mol. The Balaban J connectivity index is 1.64. The molecule has 126 valence electrons. The summed E-state index contributed by atoms with van der Waals surface area (Å²) >= 11 is 6.24. The molecule has 24 heavy (non-hydrogen) atoms. The van der Waals surface area contributed by atoms with Crippen molar-refractivity contribution < 1.29 is 9.53 Å². The molecule has 0 radical (unpaired) electrons. The summed E-state index contributed by atoms with van der Waals surface area (Å²) < 4.78 is 5.80. The Morgan fingerprint density at radius 2 is 2.08 bits per heavy atom. The van der Waals surface area contributed by atoms with Crippen LogP contribution in [-0.4, -0.2) is 35.6 Å². The van der Waals surface area contributed by atoms with Crippen molar-refractivity contribution in [2.24, 2.45) is 0 Å². The van der Waals surface area contributed by atoms with E-state index in [2.05, 4.69) is 10.3 Å². The van der Waals surface area contributed by atoms with E-state index in [0.717, 1.165) is 11.1 Å². The summed E-state index contributed by atoms with van der Waals surface area (Å²) in [5.41, 5.74) is 1.94. The predicted octanol–water partition coefficient (Wildman–Crippen LogP) is 3.58. The lowest BCUT2D eigenvalue weighted by Crippen LogP contribution is -2.47. The predicted molar refractivity (Wildman–Crippen MR) is 92.9 cm³/mol. The number of carbonyl (C=O) groups excluding carboxylic acids is 1. The molecule has 0 spiro atoms. The van der Waals surface area contributed by atoms with Crippen LogP contribution < -0.4 is 5.32 Å². The SMILES string of the molecule is C[C@@H](NC(=O)N1CCO[C@@H](c2ccccc2Cl)C1)c1ccncc1. The fourth-order valence-electron chi connectivity index (χ4n) is 2.77. The van der Waals surface area contributed by atoms with E-state index >= 15 is 0 Å². The standard InChI is InChI=1S/C18H20ClN3O2/c1-13(14-6-8-20-9-7-14)21-18(23)22-10-11-24-17(12-22)15-4-2-3-5-16(15)19/h2-9,13,17H,10-12H2,1H3,(H,21,23)/t13-,17-/m1/s1. The van der Waals surface area contributed by atoms with Crippen molar-refractivity contribution in [1.82, 2.24) is 15.2 Å². The second-order valence-electron chi connectivity index (χ2n) is 5.78. The molecule has 0 unspecified atom stereocenters. The van der Waals surface area contributed by atoms with Crippen LogP contribution in [-0.2, 0) is 4.74 Å². The maximum atomic E-state index is 12.6. The molecule has 2 atom stereocenters. The van der Waals surface area contributed by atoms with Crippen molar-refractivity contribution in [2.75, 3.05) is 19.7 Å². The molecule has 1 N–H and O–H groups in total. The minimum Gasteiger partial charge on any atom is -0.370 e. The molecule has 1 aliphatic rings. The Kier molecular flexibility index (Phi) is 5.33. The first-order valence-electron chi connectivity index (χ1n) is 7.96. The van der Waals surface area contributed by atoms with Crippen LogP contribution in [0, 0.1) is 0 Å². The normalized spacial score (nSPS) is 18.9. The number of carbonyl (C=O) groups is 1. The largest absolute Gasteiger partial charge is 0.370 e. The fourth-order valence-corrected chi connectivity index (χ4v) is 3.03. The van der Waals surface area contributed by atoms with Gasteiger partial charge in [-0.15, -0.1) is 0 Å². The fraction of sp³-hybridized carbons (Fsp3) is 0.333. The first-order chi connectivity index (χ1) is 11.6. The van der Waals surface area contributed by atoms with Gasteiger partial charge in [-0.3, -0.25) is 4.98 Å². The number of hydrogen-bond donors (Lipinski definition) is 1. The molecule has 0 saturated carbocycles. The van der Waals surface area contributed by atoms with Crippen molar-refractivity contribution in [3.05, 3.63) is 64.9 Å². The second kappa shape index (κ2) is 7.64. The summed E-state index contributed by atoms with van der Waals surface area (Å²) in [4.78, 5) is 18.3. The molecule has 2 aromatic rings. The second-order valence-corrected chi connectivity index (χ2v) is 6.19. The van der Waals surface area contributed by atoms with Gasteiger partial charge in [0, 0.05) is 29.5 Å². The smallest absolute Gasteiger partial charge is 0.318 e. The van der Waals surface area contributed by atoms with Gasteiger partial charge in [-0.05, 0) is 30.7 Å². The molecule has 2 amide bonds. The highest BCUT2D eigenvalue weighted by Gasteiger charge is 2.27. The number of benzene rings is 1. The van der Waals surface area contributed by atoms with Gasteiger partial charge in [-0.2, -0.15) is 0 Å². The zero-order chi connectivity index (χ0) is 16.9. The molecule has 1 saturated heterocycles. The van der Waals surface area contributed by atoms with Crippen LogP contribution in [0.2, 0.25) is 5.02 Å². The molecule has 1 fully saturated rings. The number of nitrogens with one attached hydrogen (secondary N) is 1. The number of amides is 2. The lowest BCUT2D eigenvalue weighted by atomic mass is 10.1.